The first-order valence-electron chi connectivity index (χ1n) is 6.33. The molecular formula is C14H19BrN2O. The normalized spacial score (nSPS) is 24.1. The van der Waals surface area contributed by atoms with Gasteiger partial charge in [-0.2, -0.15) is 0 Å². The standard InChI is InChI=1S/C14H19BrN2O/c1-9-5-6-17(8-10(9)2)14(18)12-4-3-11(15)7-13(12)16/h3-4,7,9-10H,5-6,8,16H2,1-2H3. The van der Waals surface area contributed by atoms with Gasteiger partial charge in [-0.15, -0.1) is 0 Å². The quantitative estimate of drug-likeness (QED) is 0.810. The van der Waals surface area contributed by atoms with E-state index >= 15 is 0 Å². The number of benzene rings is 1. The lowest BCUT2D eigenvalue weighted by Gasteiger charge is -2.35. The summed E-state index contributed by atoms with van der Waals surface area (Å²) >= 11 is 3.35. The van der Waals surface area contributed by atoms with Gasteiger partial charge < -0.3 is 10.6 Å². The SMILES string of the molecule is CC1CCN(C(=O)c2ccc(Br)cc2N)CC1C. The van der Waals surface area contributed by atoms with E-state index in [1.165, 1.54) is 0 Å². The van der Waals surface area contributed by atoms with Crippen LogP contribution in [0.5, 0.6) is 0 Å². The van der Waals surface area contributed by atoms with Gasteiger partial charge in [0.25, 0.3) is 5.91 Å². The summed E-state index contributed by atoms with van der Waals surface area (Å²) in [6.07, 6.45) is 1.07. The predicted molar refractivity (Wildman–Crippen MR) is 77.4 cm³/mol. The van der Waals surface area contributed by atoms with Crippen LogP contribution >= 0.6 is 15.9 Å². The molecule has 0 bridgehead atoms. The third-order valence-corrected chi connectivity index (χ3v) is 4.36. The molecule has 2 rings (SSSR count). The number of piperidine rings is 1. The molecule has 1 saturated heterocycles. The topological polar surface area (TPSA) is 46.3 Å². The zero-order chi connectivity index (χ0) is 13.3. The Morgan fingerprint density at radius 1 is 1.39 bits per heavy atom. The van der Waals surface area contributed by atoms with Gasteiger partial charge in [-0.3, -0.25) is 4.79 Å². The van der Waals surface area contributed by atoms with Crippen LogP contribution in [0.2, 0.25) is 0 Å². The van der Waals surface area contributed by atoms with Gasteiger partial charge in [0.15, 0.2) is 0 Å². The van der Waals surface area contributed by atoms with Crippen molar-refractivity contribution >= 4 is 27.5 Å². The number of anilines is 1. The van der Waals surface area contributed by atoms with Crippen LogP contribution in [0.15, 0.2) is 22.7 Å². The molecule has 0 radical (unpaired) electrons. The minimum Gasteiger partial charge on any atom is -0.398 e. The van der Waals surface area contributed by atoms with Crippen LogP contribution < -0.4 is 5.73 Å². The number of nitrogen functional groups attached to an aromatic ring is 1. The number of carbonyl (C=O) groups is 1. The van der Waals surface area contributed by atoms with Crippen molar-refractivity contribution in [3.8, 4) is 0 Å². The zero-order valence-electron chi connectivity index (χ0n) is 10.8. The predicted octanol–water partition coefficient (Wildman–Crippen LogP) is 3.15. The summed E-state index contributed by atoms with van der Waals surface area (Å²) in [7, 11) is 0. The van der Waals surface area contributed by atoms with Crippen LogP contribution in [0.25, 0.3) is 0 Å². The van der Waals surface area contributed by atoms with Crippen LogP contribution in [-0.2, 0) is 0 Å². The number of halogens is 1. The molecule has 0 spiro atoms. The number of nitrogens with zero attached hydrogens (tertiary/aromatic N) is 1. The van der Waals surface area contributed by atoms with Crippen molar-refractivity contribution < 1.29 is 4.79 Å². The van der Waals surface area contributed by atoms with Gasteiger partial charge in [0.05, 0.1) is 5.56 Å². The number of nitrogens with two attached hydrogens (primary N) is 1. The third kappa shape index (κ3) is 2.69. The number of hydrogen-bond acceptors (Lipinski definition) is 2. The molecule has 2 unspecified atom stereocenters. The number of carbonyl (C=O) groups excluding carboxylic acids is 1. The van der Waals surface area contributed by atoms with Crippen LogP contribution in [0, 0.1) is 11.8 Å². The first-order valence-corrected chi connectivity index (χ1v) is 7.12. The van der Waals surface area contributed by atoms with E-state index in [1.54, 1.807) is 12.1 Å². The van der Waals surface area contributed by atoms with E-state index in [0.29, 0.717) is 23.1 Å². The maximum Gasteiger partial charge on any atom is 0.255 e. The Labute approximate surface area is 116 Å². The number of hydrogen-bond donors (Lipinski definition) is 1. The first-order chi connectivity index (χ1) is 8.49. The zero-order valence-corrected chi connectivity index (χ0v) is 12.4. The van der Waals surface area contributed by atoms with Crippen LogP contribution in [-0.4, -0.2) is 23.9 Å². The summed E-state index contributed by atoms with van der Waals surface area (Å²) in [5, 5.41) is 0. The average Bonchev–Trinajstić information content (AvgIpc) is 2.32. The second kappa shape index (κ2) is 5.31. The lowest BCUT2D eigenvalue weighted by molar-refractivity contribution is 0.0628. The molecule has 1 amide bonds. The molecule has 1 aromatic carbocycles. The van der Waals surface area contributed by atoms with E-state index < -0.39 is 0 Å². The van der Waals surface area contributed by atoms with E-state index in [0.717, 1.165) is 24.0 Å². The van der Waals surface area contributed by atoms with Gasteiger partial charge in [0, 0.05) is 23.2 Å². The monoisotopic (exact) mass is 310 g/mol. The number of rotatable bonds is 1. The first kappa shape index (κ1) is 13.4. The Bertz CT molecular complexity index is 461. The van der Waals surface area contributed by atoms with Gasteiger partial charge in [0.1, 0.15) is 0 Å². The molecule has 1 fully saturated rings. The Morgan fingerprint density at radius 2 is 2.11 bits per heavy atom. The molecule has 0 saturated carbocycles. The molecule has 0 aromatic heterocycles. The van der Waals surface area contributed by atoms with Crippen molar-refractivity contribution in [3.05, 3.63) is 28.2 Å². The highest BCUT2D eigenvalue weighted by Gasteiger charge is 2.27. The van der Waals surface area contributed by atoms with Crippen molar-refractivity contribution in [2.24, 2.45) is 11.8 Å². The second-order valence-corrected chi connectivity index (χ2v) is 6.14. The van der Waals surface area contributed by atoms with E-state index in [1.807, 2.05) is 11.0 Å². The Balaban J connectivity index is 2.16. The fraction of sp³-hybridized carbons (Fsp3) is 0.500. The van der Waals surface area contributed by atoms with Crippen molar-refractivity contribution in [1.29, 1.82) is 0 Å². The molecule has 18 heavy (non-hydrogen) atoms. The van der Waals surface area contributed by atoms with Gasteiger partial charge in [-0.1, -0.05) is 29.8 Å². The molecule has 1 aromatic rings. The maximum absolute atomic E-state index is 12.4. The maximum atomic E-state index is 12.4. The highest BCUT2D eigenvalue weighted by Crippen LogP contribution is 2.26. The highest BCUT2D eigenvalue weighted by atomic mass is 79.9. The van der Waals surface area contributed by atoms with Crippen molar-refractivity contribution in [3.63, 3.8) is 0 Å². The molecule has 2 N–H and O–H groups in total. The summed E-state index contributed by atoms with van der Waals surface area (Å²) in [4.78, 5) is 14.3. The van der Waals surface area contributed by atoms with Crippen LogP contribution in [0.4, 0.5) is 5.69 Å². The van der Waals surface area contributed by atoms with Gasteiger partial charge in [-0.05, 0) is 36.5 Å². The number of likely N-dealkylation sites (tertiary alicyclic amines) is 1. The van der Waals surface area contributed by atoms with Crippen LogP contribution in [0.3, 0.4) is 0 Å². The lowest BCUT2D eigenvalue weighted by Crippen LogP contribution is -2.42. The van der Waals surface area contributed by atoms with E-state index in [-0.39, 0.29) is 5.91 Å². The fourth-order valence-electron chi connectivity index (χ4n) is 2.35. The summed E-state index contributed by atoms with van der Waals surface area (Å²) < 4.78 is 0.900. The van der Waals surface area contributed by atoms with Gasteiger partial charge in [0.2, 0.25) is 0 Å². The highest BCUT2D eigenvalue weighted by molar-refractivity contribution is 9.10. The van der Waals surface area contributed by atoms with Gasteiger partial charge >= 0.3 is 0 Å². The summed E-state index contributed by atoms with van der Waals surface area (Å²) in [6, 6.07) is 5.44. The number of amides is 1. The Kier molecular flexibility index (Phi) is 3.95. The third-order valence-electron chi connectivity index (χ3n) is 3.87. The van der Waals surface area contributed by atoms with Gasteiger partial charge in [-0.25, -0.2) is 0 Å². The molecule has 4 heteroatoms. The van der Waals surface area contributed by atoms with Crippen molar-refractivity contribution in [1.82, 2.24) is 4.90 Å². The molecule has 1 aliphatic heterocycles. The summed E-state index contributed by atoms with van der Waals surface area (Å²) in [5.41, 5.74) is 7.07. The molecule has 1 aliphatic rings. The molecule has 1 heterocycles. The van der Waals surface area contributed by atoms with Crippen molar-refractivity contribution in [2.75, 3.05) is 18.8 Å². The molecule has 0 aliphatic carbocycles. The molecule has 2 atom stereocenters. The largest absolute Gasteiger partial charge is 0.398 e. The molecule has 3 nitrogen and oxygen atoms in total. The summed E-state index contributed by atoms with van der Waals surface area (Å²) in [6.45, 7) is 6.12. The second-order valence-electron chi connectivity index (χ2n) is 5.23. The van der Waals surface area contributed by atoms with Crippen LogP contribution in [0.1, 0.15) is 30.6 Å². The smallest absolute Gasteiger partial charge is 0.255 e. The molecular weight excluding hydrogens is 292 g/mol. The minimum absolute atomic E-state index is 0.0544. The minimum atomic E-state index is 0.0544. The van der Waals surface area contributed by atoms with E-state index in [4.69, 9.17) is 5.73 Å². The fourth-order valence-corrected chi connectivity index (χ4v) is 2.72. The Hall–Kier alpha value is -1.03. The van der Waals surface area contributed by atoms with Crippen molar-refractivity contribution in [2.45, 2.75) is 20.3 Å². The lowest BCUT2D eigenvalue weighted by atomic mass is 9.88. The van der Waals surface area contributed by atoms with E-state index in [2.05, 4.69) is 29.8 Å². The average molecular weight is 311 g/mol. The molecule has 98 valence electrons. The summed E-state index contributed by atoms with van der Waals surface area (Å²) in [5.74, 6) is 1.30. The van der Waals surface area contributed by atoms with E-state index in [9.17, 15) is 4.79 Å². The Morgan fingerprint density at radius 3 is 2.72 bits per heavy atom.